The molecule has 3 heterocycles. The summed E-state index contributed by atoms with van der Waals surface area (Å²) in [5, 5.41) is 32.3. The third kappa shape index (κ3) is 2.13. The van der Waals surface area contributed by atoms with Crippen LogP contribution in [0.5, 0.6) is 0 Å². The van der Waals surface area contributed by atoms with Crippen LogP contribution >= 0.6 is 0 Å². The quantitative estimate of drug-likeness (QED) is 0.408. The maximum absolute atomic E-state index is 12.2. The van der Waals surface area contributed by atoms with Gasteiger partial charge in [-0.1, -0.05) is 0 Å². The van der Waals surface area contributed by atoms with Crippen LogP contribution in [0.3, 0.4) is 0 Å². The number of hydrogen-bond donors (Lipinski definition) is 5. The van der Waals surface area contributed by atoms with E-state index in [1.54, 1.807) is 0 Å². The van der Waals surface area contributed by atoms with Crippen LogP contribution in [-0.4, -0.2) is 72.7 Å². The Bertz CT molecular complexity index is 794. The van der Waals surface area contributed by atoms with E-state index in [1.807, 2.05) is 0 Å². The minimum Gasteiger partial charge on any atom is -0.394 e. The van der Waals surface area contributed by atoms with E-state index in [1.165, 1.54) is 24.9 Å². The Hall–Kier alpha value is -2.34. The molecule has 0 saturated carbocycles. The van der Waals surface area contributed by atoms with Gasteiger partial charge in [-0.15, -0.1) is 0 Å². The minimum absolute atomic E-state index is 0.0549. The number of nitrogens with one attached hydrogen (secondary N) is 1. The highest BCUT2D eigenvalue weighted by Gasteiger charge is 2.54. The number of amides is 1. The maximum Gasteiger partial charge on any atom is 0.287 e. The molecule has 11 heteroatoms. The number of anilines is 1. The van der Waals surface area contributed by atoms with Gasteiger partial charge in [0, 0.05) is 7.05 Å². The summed E-state index contributed by atoms with van der Waals surface area (Å²) >= 11 is 0. The Balaban J connectivity index is 2.28. The molecule has 1 saturated heterocycles. The Kier molecular flexibility index (Phi) is 3.87. The molecule has 0 bridgehead atoms. The summed E-state index contributed by atoms with van der Waals surface area (Å²) in [4.78, 5) is 24.3. The number of imidazole rings is 1. The van der Waals surface area contributed by atoms with Crippen molar-refractivity contribution in [2.45, 2.75) is 31.0 Å². The van der Waals surface area contributed by atoms with Crippen molar-refractivity contribution < 1.29 is 24.9 Å². The molecule has 1 fully saturated rings. The largest absolute Gasteiger partial charge is 0.394 e. The summed E-state index contributed by atoms with van der Waals surface area (Å²) in [5.41, 5.74) is 4.52. The molecule has 0 radical (unpaired) electrons. The third-order valence-electron chi connectivity index (χ3n) is 4.17. The molecule has 0 spiro atoms. The molecule has 0 aliphatic carbocycles. The number of carbonyl (C=O) groups excluding carboxylic acids is 1. The number of carbonyl (C=O) groups is 1. The van der Waals surface area contributed by atoms with Crippen molar-refractivity contribution in [3.63, 3.8) is 0 Å². The molecule has 1 aliphatic heterocycles. The fraction of sp³-hybridized carbons (Fsp3) is 0.538. The number of nitrogens with two attached hydrogens (primary N) is 1. The summed E-state index contributed by atoms with van der Waals surface area (Å²) in [6.45, 7) is 0.954. The number of fused-ring (bicyclic) bond motifs is 1. The number of aliphatic hydroxyl groups is 3. The molecular weight excluding hydrogens is 320 g/mol. The summed E-state index contributed by atoms with van der Waals surface area (Å²) in [5.74, 6) is -0.627. The van der Waals surface area contributed by atoms with Gasteiger partial charge in [0.25, 0.3) is 5.91 Å². The van der Waals surface area contributed by atoms with E-state index < -0.39 is 36.6 Å². The number of hydrogen-bond acceptors (Lipinski definition) is 9. The van der Waals surface area contributed by atoms with Gasteiger partial charge in [-0.3, -0.25) is 9.36 Å². The molecule has 1 amide bonds. The van der Waals surface area contributed by atoms with Crippen LogP contribution in [0.25, 0.3) is 11.2 Å². The van der Waals surface area contributed by atoms with Gasteiger partial charge in [-0.05, 0) is 6.92 Å². The topological polar surface area (TPSA) is 169 Å². The Morgan fingerprint density at radius 1 is 1.50 bits per heavy atom. The molecule has 0 aromatic carbocycles. The number of nitrogen functional groups attached to an aromatic ring is 1. The zero-order valence-corrected chi connectivity index (χ0v) is 13.0. The van der Waals surface area contributed by atoms with Gasteiger partial charge < -0.3 is 31.1 Å². The highest BCUT2D eigenvalue weighted by Crippen LogP contribution is 2.38. The van der Waals surface area contributed by atoms with Crippen LogP contribution in [0.2, 0.25) is 0 Å². The first-order valence-electron chi connectivity index (χ1n) is 7.21. The Labute approximate surface area is 136 Å². The van der Waals surface area contributed by atoms with E-state index in [0.29, 0.717) is 0 Å². The minimum atomic E-state index is -1.59. The number of aromatic nitrogens is 4. The van der Waals surface area contributed by atoms with Crippen LogP contribution in [0.15, 0.2) is 6.33 Å². The smallest absolute Gasteiger partial charge is 0.287 e. The van der Waals surface area contributed by atoms with Gasteiger partial charge >= 0.3 is 0 Å². The predicted molar refractivity (Wildman–Crippen MR) is 80.7 cm³/mol. The highest BCUT2D eigenvalue weighted by molar-refractivity contribution is 5.95. The fourth-order valence-corrected chi connectivity index (χ4v) is 2.89. The molecule has 0 unspecified atom stereocenters. The second-order valence-electron chi connectivity index (χ2n) is 5.61. The first-order chi connectivity index (χ1) is 11.3. The second kappa shape index (κ2) is 5.63. The van der Waals surface area contributed by atoms with Crippen molar-refractivity contribution in [1.29, 1.82) is 0 Å². The zero-order chi connectivity index (χ0) is 17.6. The number of nitrogens with zero attached hydrogens (tertiary/aromatic N) is 4. The Morgan fingerprint density at radius 3 is 2.79 bits per heavy atom. The molecule has 130 valence electrons. The third-order valence-corrected chi connectivity index (χ3v) is 4.17. The summed E-state index contributed by atoms with van der Waals surface area (Å²) in [6, 6.07) is 0. The first-order valence-corrected chi connectivity index (χ1v) is 7.21. The lowest BCUT2D eigenvalue weighted by Crippen LogP contribution is -2.45. The Morgan fingerprint density at radius 2 is 2.21 bits per heavy atom. The van der Waals surface area contributed by atoms with Gasteiger partial charge in [0.05, 0.1) is 6.61 Å². The van der Waals surface area contributed by atoms with Crippen molar-refractivity contribution in [2.24, 2.45) is 0 Å². The molecular formula is C13H18N6O5. The van der Waals surface area contributed by atoms with E-state index in [-0.39, 0.29) is 22.8 Å². The van der Waals surface area contributed by atoms with E-state index in [4.69, 9.17) is 10.5 Å². The monoisotopic (exact) mass is 338 g/mol. The van der Waals surface area contributed by atoms with E-state index in [9.17, 15) is 20.1 Å². The summed E-state index contributed by atoms with van der Waals surface area (Å²) in [7, 11) is 1.42. The van der Waals surface area contributed by atoms with Gasteiger partial charge in [0.1, 0.15) is 24.6 Å². The van der Waals surface area contributed by atoms with Crippen molar-refractivity contribution in [3.05, 3.63) is 12.2 Å². The molecule has 1 aliphatic rings. The van der Waals surface area contributed by atoms with Crippen LogP contribution in [0, 0.1) is 0 Å². The molecule has 4 atom stereocenters. The molecule has 6 N–H and O–H groups in total. The zero-order valence-electron chi connectivity index (χ0n) is 13.0. The number of aliphatic hydroxyl groups excluding tert-OH is 3. The molecule has 11 nitrogen and oxygen atoms in total. The second-order valence-corrected chi connectivity index (χ2v) is 5.61. The lowest BCUT2D eigenvalue weighted by molar-refractivity contribution is -0.133. The number of ether oxygens (including phenoxy) is 1. The fourth-order valence-electron chi connectivity index (χ4n) is 2.89. The van der Waals surface area contributed by atoms with E-state index >= 15 is 0 Å². The standard InChI is InChI=1S/C13H18N6O5/c1-13(8(22)7(21)5(3-20)24-13)19-10-6(9(14)16-4-17-10)18-11(19)12(23)15-2/h4-5,7-8,20-22H,3H2,1-2H3,(H,15,23)(H2,14,16,17)/t5-,7-,8-,13-/m1/s1. The lowest BCUT2D eigenvalue weighted by Gasteiger charge is -2.30. The van der Waals surface area contributed by atoms with Crippen molar-refractivity contribution >= 4 is 22.9 Å². The van der Waals surface area contributed by atoms with Gasteiger partial charge in [-0.25, -0.2) is 15.0 Å². The normalized spacial score (nSPS) is 30.0. The van der Waals surface area contributed by atoms with Crippen LogP contribution < -0.4 is 11.1 Å². The van der Waals surface area contributed by atoms with E-state index in [0.717, 1.165) is 0 Å². The predicted octanol–water partition coefficient (Wildman–Crippen LogP) is -2.45. The number of rotatable bonds is 3. The first kappa shape index (κ1) is 16.5. The molecule has 3 rings (SSSR count). The highest BCUT2D eigenvalue weighted by atomic mass is 16.6. The van der Waals surface area contributed by atoms with E-state index in [2.05, 4.69) is 20.3 Å². The lowest BCUT2D eigenvalue weighted by atomic mass is 10.0. The average molecular weight is 338 g/mol. The van der Waals surface area contributed by atoms with Gasteiger partial charge in [0.2, 0.25) is 5.82 Å². The van der Waals surface area contributed by atoms with Gasteiger partial charge in [-0.2, -0.15) is 0 Å². The SMILES string of the molecule is CNC(=O)c1nc2c(N)ncnc2n1[C@]1(C)O[C@H](CO)[C@@H](O)[C@H]1O. The van der Waals surface area contributed by atoms with Crippen LogP contribution in [0.4, 0.5) is 5.82 Å². The maximum atomic E-state index is 12.2. The summed E-state index contributed by atoms with van der Waals surface area (Å²) in [6.07, 6.45) is -2.63. The molecule has 2 aromatic rings. The van der Waals surface area contributed by atoms with Crippen LogP contribution in [-0.2, 0) is 10.5 Å². The van der Waals surface area contributed by atoms with Crippen molar-refractivity contribution in [2.75, 3.05) is 19.4 Å². The van der Waals surface area contributed by atoms with Crippen molar-refractivity contribution in [3.8, 4) is 0 Å². The molecule has 2 aromatic heterocycles. The van der Waals surface area contributed by atoms with Gasteiger partial charge in [0.15, 0.2) is 22.7 Å². The molecule has 24 heavy (non-hydrogen) atoms. The van der Waals surface area contributed by atoms with Crippen LogP contribution in [0.1, 0.15) is 17.5 Å². The summed E-state index contributed by atoms with van der Waals surface area (Å²) < 4.78 is 6.89. The average Bonchev–Trinajstić information content (AvgIpc) is 3.07. The van der Waals surface area contributed by atoms with Crippen molar-refractivity contribution in [1.82, 2.24) is 24.8 Å².